The first kappa shape index (κ1) is 17.5. The first-order valence-corrected chi connectivity index (χ1v) is 10.8. The van der Waals surface area contributed by atoms with E-state index in [1.807, 2.05) is 31.2 Å². The fourth-order valence-electron chi connectivity index (χ4n) is 3.32. The normalized spacial score (nSPS) is 14.8. The maximum atomic E-state index is 12.4. The summed E-state index contributed by atoms with van der Waals surface area (Å²) >= 11 is 3.37. The van der Waals surface area contributed by atoms with E-state index in [4.69, 9.17) is 4.98 Å². The number of anilines is 1. The maximum absolute atomic E-state index is 12.4. The van der Waals surface area contributed by atoms with E-state index in [1.54, 1.807) is 29.3 Å². The van der Waals surface area contributed by atoms with Crippen LogP contribution >= 0.6 is 23.1 Å². The molecule has 0 radical (unpaired) electrons. The van der Waals surface area contributed by atoms with Gasteiger partial charge in [-0.3, -0.25) is 4.79 Å². The number of nitrogens with zero attached hydrogens (tertiary/aromatic N) is 2. The predicted molar refractivity (Wildman–Crippen MR) is 111 cm³/mol. The lowest BCUT2D eigenvalue weighted by Crippen LogP contribution is -2.16. The van der Waals surface area contributed by atoms with Crippen molar-refractivity contribution in [2.75, 3.05) is 11.1 Å². The second-order valence-electron chi connectivity index (χ2n) is 6.59. The topological polar surface area (TPSA) is 54.9 Å². The Morgan fingerprint density at radius 3 is 2.92 bits per heavy atom. The van der Waals surface area contributed by atoms with Gasteiger partial charge in [0.15, 0.2) is 0 Å². The van der Waals surface area contributed by atoms with Crippen LogP contribution in [-0.2, 0) is 4.79 Å². The largest absolute Gasteiger partial charge is 0.325 e. The lowest BCUT2D eigenvalue weighted by atomic mass is 10.1. The predicted octanol–water partition coefficient (Wildman–Crippen LogP) is 5.28. The first-order valence-electron chi connectivity index (χ1n) is 8.94. The summed E-state index contributed by atoms with van der Waals surface area (Å²) < 4.78 is 0. The summed E-state index contributed by atoms with van der Waals surface area (Å²) in [6.07, 6.45) is 6.89. The van der Waals surface area contributed by atoms with E-state index >= 15 is 0 Å². The third-order valence-electron chi connectivity index (χ3n) is 4.76. The fraction of sp³-hybridized carbons (Fsp3) is 0.350. The number of carbonyl (C=O) groups is 1. The molecular weight excluding hydrogens is 362 g/mol. The standard InChI is InChI=1S/C20H21N3OS2/c1-13-15(19-23-17-10-5-11-21-20(17)26-19)8-4-9-16(13)22-18(24)12-25-14-6-2-3-7-14/h4-5,8-11,14H,2-3,6-7,12H2,1H3,(H,22,24). The van der Waals surface area contributed by atoms with Crippen LogP contribution < -0.4 is 5.32 Å². The van der Waals surface area contributed by atoms with Crippen molar-refractivity contribution in [2.45, 2.75) is 37.9 Å². The van der Waals surface area contributed by atoms with Gasteiger partial charge in [0.2, 0.25) is 5.91 Å². The highest BCUT2D eigenvalue weighted by molar-refractivity contribution is 8.00. The molecule has 2 aromatic heterocycles. The molecule has 0 aliphatic heterocycles. The number of fused-ring (bicyclic) bond motifs is 1. The zero-order valence-corrected chi connectivity index (χ0v) is 16.3. The minimum atomic E-state index is 0.0770. The molecule has 1 aliphatic rings. The highest BCUT2D eigenvalue weighted by atomic mass is 32.2. The number of rotatable bonds is 5. The Labute approximate surface area is 161 Å². The molecule has 1 saturated carbocycles. The molecule has 4 rings (SSSR count). The second kappa shape index (κ2) is 7.76. The van der Waals surface area contributed by atoms with Crippen LogP contribution in [0.25, 0.3) is 20.9 Å². The molecule has 0 saturated heterocycles. The summed E-state index contributed by atoms with van der Waals surface area (Å²) in [6, 6.07) is 9.86. The molecule has 1 fully saturated rings. The Kier molecular flexibility index (Phi) is 5.22. The van der Waals surface area contributed by atoms with Gasteiger partial charge in [-0.1, -0.05) is 36.3 Å². The fourth-order valence-corrected chi connectivity index (χ4v) is 5.44. The molecule has 0 spiro atoms. The van der Waals surface area contributed by atoms with Crippen LogP contribution in [0.4, 0.5) is 5.69 Å². The number of thioether (sulfide) groups is 1. The van der Waals surface area contributed by atoms with E-state index in [1.165, 1.54) is 25.7 Å². The monoisotopic (exact) mass is 383 g/mol. The van der Waals surface area contributed by atoms with E-state index in [0.717, 1.165) is 32.2 Å². The van der Waals surface area contributed by atoms with Gasteiger partial charge in [0.05, 0.1) is 5.75 Å². The summed E-state index contributed by atoms with van der Waals surface area (Å²) in [4.78, 5) is 22.4. The Morgan fingerprint density at radius 2 is 2.12 bits per heavy atom. The summed E-state index contributed by atoms with van der Waals surface area (Å²) in [5.41, 5.74) is 3.88. The molecule has 134 valence electrons. The molecule has 6 heteroatoms. The van der Waals surface area contributed by atoms with Crippen molar-refractivity contribution in [3.8, 4) is 10.6 Å². The van der Waals surface area contributed by atoms with Crippen molar-refractivity contribution < 1.29 is 4.79 Å². The number of pyridine rings is 1. The lowest BCUT2D eigenvalue weighted by molar-refractivity contribution is -0.113. The van der Waals surface area contributed by atoms with Crippen LogP contribution in [0.3, 0.4) is 0 Å². The summed E-state index contributed by atoms with van der Waals surface area (Å²) in [6.45, 7) is 2.04. The van der Waals surface area contributed by atoms with Gasteiger partial charge in [-0.15, -0.1) is 11.8 Å². The Balaban J connectivity index is 1.50. The van der Waals surface area contributed by atoms with E-state index in [-0.39, 0.29) is 5.91 Å². The average molecular weight is 384 g/mol. The number of hydrogen-bond donors (Lipinski definition) is 1. The van der Waals surface area contributed by atoms with E-state index in [0.29, 0.717) is 11.0 Å². The van der Waals surface area contributed by atoms with Crippen LogP contribution in [-0.4, -0.2) is 26.9 Å². The Bertz CT molecular complexity index is 899. The summed E-state index contributed by atoms with van der Waals surface area (Å²) in [7, 11) is 0. The molecule has 0 atom stereocenters. The van der Waals surface area contributed by atoms with Crippen molar-refractivity contribution >= 4 is 45.0 Å². The van der Waals surface area contributed by atoms with Crippen LogP contribution in [0, 0.1) is 6.92 Å². The SMILES string of the molecule is Cc1c(NC(=O)CSC2CCCC2)cccc1-c1nc2cccnc2s1. The van der Waals surface area contributed by atoms with Crippen LogP contribution in [0.15, 0.2) is 36.5 Å². The third kappa shape index (κ3) is 3.76. The number of nitrogens with one attached hydrogen (secondary N) is 1. The van der Waals surface area contributed by atoms with E-state index in [9.17, 15) is 4.79 Å². The Hall–Kier alpha value is -1.92. The summed E-state index contributed by atoms with van der Waals surface area (Å²) in [5, 5.41) is 4.67. The number of hydrogen-bond acceptors (Lipinski definition) is 5. The molecule has 1 aromatic carbocycles. The van der Waals surface area contributed by atoms with Gasteiger partial charge in [0, 0.05) is 22.7 Å². The molecule has 1 aliphatic carbocycles. The number of benzene rings is 1. The smallest absolute Gasteiger partial charge is 0.234 e. The molecule has 26 heavy (non-hydrogen) atoms. The molecular formula is C20H21N3OS2. The molecule has 1 N–H and O–H groups in total. The minimum absolute atomic E-state index is 0.0770. The van der Waals surface area contributed by atoms with Crippen molar-refractivity contribution in [3.63, 3.8) is 0 Å². The van der Waals surface area contributed by atoms with Crippen molar-refractivity contribution in [2.24, 2.45) is 0 Å². The molecule has 3 aromatic rings. The zero-order valence-electron chi connectivity index (χ0n) is 14.7. The third-order valence-corrected chi connectivity index (χ3v) is 7.14. The minimum Gasteiger partial charge on any atom is -0.325 e. The average Bonchev–Trinajstić information content (AvgIpc) is 3.31. The van der Waals surface area contributed by atoms with Crippen LogP contribution in [0.2, 0.25) is 0 Å². The quantitative estimate of drug-likeness (QED) is 0.651. The van der Waals surface area contributed by atoms with Crippen LogP contribution in [0.1, 0.15) is 31.2 Å². The second-order valence-corrected chi connectivity index (χ2v) is 8.86. The number of thiazole rings is 1. The number of amides is 1. The maximum Gasteiger partial charge on any atom is 0.234 e. The van der Waals surface area contributed by atoms with Gasteiger partial charge >= 0.3 is 0 Å². The lowest BCUT2D eigenvalue weighted by Gasteiger charge is -2.12. The van der Waals surface area contributed by atoms with Crippen LogP contribution in [0.5, 0.6) is 0 Å². The van der Waals surface area contributed by atoms with Crippen molar-refractivity contribution in [3.05, 3.63) is 42.1 Å². The summed E-state index contributed by atoms with van der Waals surface area (Å²) in [5.74, 6) is 0.604. The van der Waals surface area contributed by atoms with Gasteiger partial charge < -0.3 is 5.32 Å². The van der Waals surface area contributed by atoms with Crippen molar-refractivity contribution in [1.82, 2.24) is 9.97 Å². The number of carbonyl (C=O) groups excluding carboxylic acids is 1. The van der Waals surface area contributed by atoms with E-state index < -0.39 is 0 Å². The molecule has 2 heterocycles. The highest BCUT2D eigenvalue weighted by Gasteiger charge is 2.17. The molecule has 0 bridgehead atoms. The number of aromatic nitrogens is 2. The van der Waals surface area contributed by atoms with E-state index in [2.05, 4.69) is 16.4 Å². The van der Waals surface area contributed by atoms with Gasteiger partial charge in [-0.25, -0.2) is 9.97 Å². The molecule has 0 unspecified atom stereocenters. The van der Waals surface area contributed by atoms with Crippen molar-refractivity contribution in [1.29, 1.82) is 0 Å². The van der Waals surface area contributed by atoms with Gasteiger partial charge in [-0.2, -0.15) is 0 Å². The van der Waals surface area contributed by atoms with Gasteiger partial charge in [-0.05, 0) is 43.5 Å². The highest BCUT2D eigenvalue weighted by Crippen LogP contribution is 2.34. The zero-order chi connectivity index (χ0) is 17.9. The van der Waals surface area contributed by atoms with Gasteiger partial charge in [0.25, 0.3) is 0 Å². The molecule has 1 amide bonds. The first-order chi connectivity index (χ1) is 12.7. The van der Waals surface area contributed by atoms with Gasteiger partial charge in [0.1, 0.15) is 15.4 Å². The Morgan fingerprint density at radius 1 is 1.27 bits per heavy atom. The molecule has 4 nitrogen and oxygen atoms in total.